The summed E-state index contributed by atoms with van der Waals surface area (Å²) in [5.41, 5.74) is 2.52. The summed E-state index contributed by atoms with van der Waals surface area (Å²) in [6.45, 7) is 5.37. The highest BCUT2D eigenvalue weighted by molar-refractivity contribution is 8.00. The summed E-state index contributed by atoms with van der Waals surface area (Å²) >= 11 is 2.93. The zero-order chi connectivity index (χ0) is 26.3. The fraction of sp³-hybridized carbons (Fsp3) is 0.179. The summed E-state index contributed by atoms with van der Waals surface area (Å²) in [4.78, 5) is 24.4. The Bertz CT molecular complexity index is 1620. The van der Waals surface area contributed by atoms with Crippen molar-refractivity contribution in [2.24, 2.45) is 0 Å². The second-order valence-electron chi connectivity index (χ2n) is 8.65. The molecular weight excluding hydrogens is 515 g/mol. The molecule has 5 rings (SSSR count). The molecule has 188 valence electrons. The lowest BCUT2D eigenvalue weighted by atomic mass is 10.1. The largest absolute Gasteiger partial charge is 0.416 e. The Kier molecular flexibility index (Phi) is 6.68. The number of benzene rings is 2. The number of carbonyl (C=O) groups is 1. The molecule has 0 saturated carbocycles. The molecule has 0 atom stereocenters. The van der Waals surface area contributed by atoms with Crippen molar-refractivity contribution in [2.45, 2.75) is 32.0 Å². The molecule has 0 amide bonds. The van der Waals surface area contributed by atoms with Crippen LogP contribution in [0.5, 0.6) is 0 Å². The minimum Gasteiger partial charge on any atom is -0.318 e. The lowest BCUT2D eigenvalue weighted by Gasteiger charge is -2.13. The number of aromatic nitrogens is 3. The van der Waals surface area contributed by atoms with Crippen LogP contribution in [0.15, 0.2) is 71.8 Å². The van der Waals surface area contributed by atoms with E-state index in [2.05, 4.69) is 16.0 Å². The van der Waals surface area contributed by atoms with Gasteiger partial charge in [0.2, 0.25) is 0 Å². The molecule has 3 aromatic heterocycles. The quantitative estimate of drug-likeness (QED) is 0.125. The van der Waals surface area contributed by atoms with Gasteiger partial charge in [-0.25, -0.2) is 9.97 Å². The van der Waals surface area contributed by atoms with Crippen LogP contribution in [-0.4, -0.2) is 26.1 Å². The van der Waals surface area contributed by atoms with E-state index in [0.29, 0.717) is 28.5 Å². The number of nitrogens with zero attached hydrogens (tertiary/aromatic N) is 3. The molecule has 9 heteroatoms. The van der Waals surface area contributed by atoms with E-state index in [1.54, 1.807) is 41.9 Å². The molecule has 0 aliphatic heterocycles. The molecule has 5 aromatic rings. The van der Waals surface area contributed by atoms with Crippen LogP contribution in [0.4, 0.5) is 13.2 Å². The zero-order valence-electron chi connectivity index (χ0n) is 20.3. The summed E-state index contributed by atoms with van der Waals surface area (Å²) in [7, 11) is 0. The average Bonchev–Trinajstić information content (AvgIpc) is 3.42. The lowest BCUT2D eigenvalue weighted by molar-refractivity contribution is -0.137. The maximum Gasteiger partial charge on any atom is 0.416 e. The van der Waals surface area contributed by atoms with Gasteiger partial charge in [0.25, 0.3) is 0 Å². The molecule has 0 N–H and O–H groups in total. The van der Waals surface area contributed by atoms with E-state index < -0.39 is 11.7 Å². The van der Waals surface area contributed by atoms with E-state index in [0.717, 1.165) is 37.8 Å². The first-order valence-electron chi connectivity index (χ1n) is 11.5. The van der Waals surface area contributed by atoms with Crippen molar-refractivity contribution >= 4 is 39.1 Å². The number of carbonyl (C=O) groups excluding carboxylic acids is 1. The number of aryl methyl sites for hydroxylation is 2. The van der Waals surface area contributed by atoms with Gasteiger partial charge in [-0.15, -0.1) is 11.3 Å². The number of halogens is 3. The van der Waals surface area contributed by atoms with E-state index in [1.165, 1.54) is 17.8 Å². The fourth-order valence-electron chi connectivity index (χ4n) is 4.33. The van der Waals surface area contributed by atoms with Crippen LogP contribution in [0.2, 0.25) is 0 Å². The number of thioether (sulfide) groups is 1. The summed E-state index contributed by atoms with van der Waals surface area (Å²) < 4.78 is 41.4. The number of fused-ring (bicyclic) bond motifs is 1. The summed E-state index contributed by atoms with van der Waals surface area (Å²) in [6.07, 6.45) is -4.44. The van der Waals surface area contributed by atoms with Crippen LogP contribution in [0.3, 0.4) is 0 Å². The zero-order valence-corrected chi connectivity index (χ0v) is 21.9. The van der Waals surface area contributed by atoms with Crippen LogP contribution in [0.1, 0.15) is 33.1 Å². The van der Waals surface area contributed by atoms with E-state index in [1.807, 2.05) is 37.3 Å². The van der Waals surface area contributed by atoms with Gasteiger partial charge in [-0.05, 0) is 56.7 Å². The molecule has 0 bridgehead atoms. The fourth-order valence-corrected chi connectivity index (χ4v) is 6.40. The molecule has 0 aliphatic carbocycles. The maximum atomic E-state index is 13.3. The van der Waals surface area contributed by atoms with Crippen molar-refractivity contribution in [1.82, 2.24) is 14.5 Å². The number of ketones is 1. The number of hydrogen-bond donors (Lipinski definition) is 0. The Morgan fingerprint density at radius 1 is 0.973 bits per heavy atom. The third-order valence-corrected chi connectivity index (χ3v) is 8.10. The highest BCUT2D eigenvalue weighted by atomic mass is 32.2. The van der Waals surface area contributed by atoms with Crippen LogP contribution >= 0.6 is 23.1 Å². The van der Waals surface area contributed by atoms with Crippen molar-refractivity contribution in [3.63, 3.8) is 0 Å². The van der Waals surface area contributed by atoms with E-state index in [4.69, 9.17) is 0 Å². The normalized spacial score (nSPS) is 11.8. The first-order chi connectivity index (χ1) is 17.6. The summed E-state index contributed by atoms with van der Waals surface area (Å²) in [6, 6.07) is 18.9. The van der Waals surface area contributed by atoms with E-state index >= 15 is 0 Å². The first-order valence-corrected chi connectivity index (χ1v) is 13.3. The maximum absolute atomic E-state index is 13.3. The third-order valence-electron chi connectivity index (χ3n) is 6.03. The van der Waals surface area contributed by atoms with E-state index in [9.17, 15) is 18.0 Å². The molecule has 37 heavy (non-hydrogen) atoms. The number of alkyl halides is 3. The number of thiophene rings is 1. The highest BCUT2D eigenvalue weighted by Gasteiger charge is 2.31. The number of hydrogen-bond acceptors (Lipinski definition) is 5. The van der Waals surface area contributed by atoms with Crippen molar-refractivity contribution in [3.05, 3.63) is 95.1 Å². The van der Waals surface area contributed by atoms with Crippen LogP contribution in [0, 0.1) is 20.8 Å². The SMILES string of the molecule is Cc1nc(SCC(=O)c2cc(C)n(-c3cccc(C(F)(F)F)c3)c2C)c2cc(-c3ccccc3)sc2n1. The molecule has 3 heterocycles. The number of rotatable bonds is 6. The molecular formula is C28H22F3N3OS2. The van der Waals surface area contributed by atoms with Crippen LogP contribution < -0.4 is 0 Å². The molecule has 0 saturated heterocycles. The van der Waals surface area contributed by atoms with Gasteiger partial charge in [0.1, 0.15) is 15.7 Å². The standard InChI is InChI=1S/C28H22F3N3OS2/c1-16-12-22(17(2)34(16)21-11-7-10-20(13-21)28(29,30)31)24(35)15-36-26-23-14-25(19-8-5-4-6-9-19)37-27(23)33-18(3)32-26/h4-14H,15H2,1-3H3. The molecule has 0 radical (unpaired) electrons. The second kappa shape index (κ2) is 9.79. The van der Waals surface area contributed by atoms with Gasteiger partial charge in [-0.1, -0.05) is 48.2 Å². The highest BCUT2D eigenvalue weighted by Crippen LogP contribution is 2.37. The monoisotopic (exact) mass is 537 g/mol. The Balaban J connectivity index is 1.42. The van der Waals surface area contributed by atoms with Gasteiger partial charge in [0.15, 0.2) is 5.78 Å². The topological polar surface area (TPSA) is 47.8 Å². The van der Waals surface area contributed by atoms with E-state index in [-0.39, 0.29) is 11.5 Å². The molecule has 0 spiro atoms. The Labute approximate surface area is 220 Å². The predicted octanol–water partition coefficient (Wildman–Crippen LogP) is 8.07. The lowest BCUT2D eigenvalue weighted by Crippen LogP contribution is -2.08. The molecule has 4 nitrogen and oxygen atoms in total. The Morgan fingerprint density at radius 2 is 1.73 bits per heavy atom. The van der Waals surface area contributed by atoms with Gasteiger partial charge >= 0.3 is 6.18 Å². The van der Waals surface area contributed by atoms with Crippen molar-refractivity contribution in [1.29, 1.82) is 0 Å². The minimum absolute atomic E-state index is 0.112. The Morgan fingerprint density at radius 3 is 2.46 bits per heavy atom. The second-order valence-corrected chi connectivity index (χ2v) is 10.6. The smallest absolute Gasteiger partial charge is 0.318 e. The van der Waals surface area contributed by atoms with Gasteiger partial charge in [-0.2, -0.15) is 13.2 Å². The van der Waals surface area contributed by atoms with Gasteiger partial charge in [0, 0.05) is 32.9 Å². The van der Waals surface area contributed by atoms with Gasteiger partial charge in [0.05, 0.1) is 11.3 Å². The van der Waals surface area contributed by atoms with Crippen LogP contribution in [0.25, 0.3) is 26.3 Å². The van der Waals surface area contributed by atoms with Crippen LogP contribution in [-0.2, 0) is 6.18 Å². The third kappa shape index (κ3) is 5.06. The van der Waals surface area contributed by atoms with Crippen molar-refractivity contribution in [2.75, 3.05) is 5.75 Å². The Hall–Kier alpha value is -3.43. The number of Topliss-reactive ketones (excluding diaryl/α,β-unsaturated/α-hetero) is 1. The first kappa shape index (κ1) is 25.2. The average molecular weight is 538 g/mol. The summed E-state index contributed by atoms with van der Waals surface area (Å²) in [5, 5.41) is 1.64. The minimum atomic E-state index is -4.44. The molecule has 0 aliphatic rings. The van der Waals surface area contributed by atoms with Crippen molar-refractivity contribution in [3.8, 4) is 16.1 Å². The van der Waals surface area contributed by atoms with Crippen molar-refractivity contribution < 1.29 is 18.0 Å². The molecule has 2 aromatic carbocycles. The molecule has 0 fully saturated rings. The van der Waals surface area contributed by atoms with Gasteiger partial charge in [-0.3, -0.25) is 4.79 Å². The summed E-state index contributed by atoms with van der Waals surface area (Å²) in [5.74, 6) is 0.667. The van der Waals surface area contributed by atoms with Gasteiger partial charge < -0.3 is 4.57 Å². The molecule has 0 unspecified atom stereocenters. The predicted molar refractivity (Wildman–Crippen MR) is 143 cm³/mol.